The van der Waals surface area contributed by atoms with E-state index in [1.807, 2.05) is 48.2 Å². The molecule has 0 atom stereocenters. The van der Waals surface area contributed by atoms with Crippen molar-refractivity contribution in [1.82, 2.24) is 10.2 Å². The van der Waals surface area contributed by atoms with Gasteiger partial charge in [-0.2, -0.15) is 0 Å². The smallest absolute Gasteiger partial charge is 0.255 e. The minimum atomic E-state index is -0.188. The average molecular weight is 396 g/mol. The van der Waals surface area contributed by atoms with Crippen LogP contribution in [0.25, 0.3) is 0 Å². The fourth-order valence-corrected chi connectivity index (χ4v) is 3.58. The molecule has 1 saturated heterocycles. The number of rotatable bonds is 4. The number of nitrogens with zero attached hydrogens (tertiary/aromatic N) is 1. The standard InChI is InChI=1S/C22H25N3O2S/c1-16-9-3-4-10-17(16)15-20(26)24-22(28)23-19-12-6-5-11-18(19)21(27)25-13-7-2-8-14-25/h3-6,9-12H,2,7-8,13-15H2,1H3,(H2,23,24,26,28). The topological polar surface area (TPSA) is 61.4 Å². The summed E-state index contributed by atoms with van der Waals surface area (Å²) in [4.78, 5) is 27.1. The van der Waals surface area contributed by atoms with Crippen molar-refractivity contribution in [2.24, 2.45) is 0 Å². The molecule has 5 nitrogen and oxygen atoms in total. The molecule has 1 aliphatic heterocycles. The van der Waals surface area contributed by atoms with Crippen molar-refractivity contribution in [2.45, 2.75) is 32.6 Å². The molecule has 0 aromatic heterocycles. The lowest BCUT2D eigenvalue weighted by Gasteiger charge is -2.27. The third-order valence-corrected chi connectivity index (χ3v) is 5.12. The van der Waals surface area contributed by atoms with Crippen LogP contribution in [-0.2, 0) is 11.2 Å². The number of likely N-dealkylation sites (tertiary alicyclic amines) is 1. The molecule has 3 rings (SSSR count). The number of para-hydroxylation sites is 1. The minimum absolute atomic E-state index is 0.00293. The van der Waals surface area contributed by atoms with Gasteiger partial charge in [0.2, 0.25) is 5.91 Å². The van der Waals surface area contributed by atoms with E-state index in [1.165, 1.54) is 6.42 Å². The third-order valence-electron chi connectivity index (χ3n) is 4.91. The highest BCUT2D eigenvalue weighted by Gasteiger charge is 2.21. The van der Waals surface area contributed by atoms with Crippen LogP contribution in [0.3, 0.4) is 0 Å². The van der Waals surface area contributed by atoms with Gasteiger partial charge in [-0.15, -0.1) is 0 Å². The highest BCUT2D eigenvalue weighted by Crippen LogP contribution is 2.20. The van der Waals surface area contributed by atoms with Crippen LogP contribution in [0.4, 0.5) is 5.69 Å². The quantitative estimate of drug-likeness (QED) is 0.776. The average Bonchev–Trinajstić information content (AvgIpc) is 2.70. The van der Waals surface area contributed by atoms with Gasteiger partial charge in [-0.25, -0.2) is 0 Å². The molecule has 1 heterocycles. The normalized spacial score (nSPS) is 13.7. The van der Waals surface area contributed by atoms with Crippen LogP contribution in [0.1, 0.15) is 40.7 Å². The Bertz CT molecular complexity index is 876. The van der Waals surface area contributed by atoms with Crippen molar-refractivity contribution in [1.29, 1.82) is 0 Å². The van der Waals surface area contributed by atoms with E-state index in [9.17, 15) is 9.59 Å². The summed E-state index contributed by atoms with van der Waals surface area (Å²) >= 11 is 5.30. The summed E-state index contributed by atoms with van der Waals surface area (Å²) in [5, 5.41) is 5.91. The molecule has 0 radical (unpaired) electrons. The monoisotopic (exact) mass is 395 g/mol. The van der Waals surface area contributed by atoms with E-state index >= 15 is 0 Å². The predicted molar refractivity (Wildman–Crippen MR) is 115 cm³/mol. The van der Waals surface area contributed by atoms with Crippen LogP contribution in [0.2, 0.25) is 0 Å². The molecule has 0 unspecified atom stereocenters. The van der Waals surface area contributed by atoms with E-state index in [0.29, 0.717) is 11.3 Å². The zero-order chi connectivity index (χ0) is 19.9. The van der Waals surface area contributed by atoms with Crippen molar-refractivity contribution >= 4 is 34.8 Å². The number of hydrogen-bond acceptors (Lipinski definition) is 3. The maximum absolute atomic E-state index is 12.9. The molecule has 2 amide bonds. The molecule has 28 heavy (non-hydrogen) atoms. The Morgan fingerprint density at radius 2 is 1.68 bits per heavy atom. The molecule has 0 bridgehead atoms. The molecular formula is C22H25N3O2S. The summed E-state index contributed by atoms with van der Waals surface area (Å²) < 4.78 is 0. The Morgan fingerprint density at radius 1 is 1.00 bits per heavy atom. The molecular weight excluding hydrogens is 370 g/mol. The van der Waals surface area contributed by atoms with Crippen LogP contribution in [0.15, 0.2) is 48.5 Å². The summed E-state index contributed by atoms with van der Waals surface area (Å²) in [5.41, 5.74) is 3.21. The van der Waals surface area contributed by atoms with Crippen LogP contribution < -0.4 is 10.6 Å². The van der Waals surface area contributed by atoms with Crippen molar-refractivity contribution in [3.8, 4) is 0 Å². The zero-order valence-electron chi connectivity index (χ0n) is 16.0. The van der Waals surface area contributed by atoms with Crippen molar-refractivity contribution in [2.75, 3.05) is 18.4 Å². The molecule has 0 aliphatic carbocycles. The Hall–Kier alpha value is -2.73. The first-order valence-corrected chi connectivity index (χ1v) is 9.99. The first kappa shape index (κ1) is 20.0. The van der Waals surface area contributed by atoms with Gasteiger partial charge < -0.3 is 15.5 Å². The van der Waals surface area contributed by atoms with Crippen LogP contribution in [0, 0.1) is 6.92 Å². The molecule has 1 fully saturated rings. The summed E-state index contributed by atoms with van der Waals surface area (Å²) in [5.74, 6) is -0.191. The number of carbonyl (C=O) groups excluding carboxylic acids is 2. The molecule has 1 aliphatic rings. The lowest BCUT2D eigenvalue weighted by atomic mass is 10.1. The molecule has 2 N–H and O–H groups in total. The largest absolute Gasteiger partial charge is 0.339 e. The van der Waals surface area contributed by atoms with Crippen LogP contribution >= 0.6 is 12.2 Å². The van der Waals surface area contributed by atoms with E-state index in [2.05, 4.69) is 10.6 Å². The summed E-state index contributed by atoms with van der Waals surface area (Å²) in [6.45, 7) is 3.54. The first-order chi connectivity index (χ1) is 13.5. The van der Waals surface area contributed by atoms with E-state index in [0.717, 1.165) is 37.1 Å². The minimum Gasteiger partial charge on any atom is -0.339 e. The van der Waals surface area contributed by atoms with E-state index in [1.54, 1.807) is 12.1 Å². The molecule has 6 heteroatoms. The second-order valence-electron chi connectivity index (χ2n) is 7.00. The van der Waals surface area contributed by atoms with Gasteiger partial charge >= 0.3 is 0 Å². The maximum atomic E-state index is 12.9. The van der Waals surface area contributed by atoms with Crippen molar-refractivity contribution in [3.05, 3.63) is 65.2 Å². The lowest BCUT2D eigenvalue weighted by molar-refractivity contribution is -0.119. The number of amides is 2. The molecule has 0 saturated carbocycles. The zero-order valence-corrected chi connectivity index (χ0v) is 16.8. The second kappa shape index (κ2) is 9.46. The highest BCUT2D eigenvalue weighted by atomic mass is 32.1. The Morgan fingerprint density at radius 3 is 2.43 bits per heavy atom. The number of anilines is 1. The van der Waals surface area contributed by atoms with Gasteiger partial charge in [0.05, 0.1) is 17.7 Å². The molecule has 0 spiro atoms. The number of benzene rings is 2. The summed E-state index contributed by atoms with van der Waals surface area (Å²) in [6, 6.07) is 15.0. The number of hydrogen-bond donors (Lipinski definition) is 2. The number of piperidine rings is 1. The van der Waals surface area contributed by atoms with Gasteiger partial charge in [-0.1, -0.05) is 36.4 Å². The Labute approximate surface area is 171 Å². The predicted octanol–water partition coefficient (Wildman–Crippen LogP) is 3.68. The van der Waals surface area contributed by atoms with Crippen LogP contribution in [0.5, 0.6) is 0 Å². The summed E-state index contributed by atoms with van der Waals surface area (Å²) in [7, 11) is 0. The molecule has 2 aromatic rings. The Balaban J connectivity index is 1.63. The van der Waals surface area contributed by atoms with Gasteiger partial charge in [-0.05, 0) is 61.7 Å². The third kappa shape index (κ3) is 5.16. The molecule has 146 valence electrons. The maximum Gasteiger partial charge on any atom is 0.255 e. The fraction of sp³-hybridized carbons (Fsp3) is 0.318. The van der Waals surface area contributed by atoms with E-state index in [4.69, 9.17) is 12.2 Å². The van der Waals surface area contributed by atoms with Gasteiger partial charge in [-0.3, -0.25) is 9.59 Å². The number of thiocarbonyl (C=S) groups is 1. The van der Waals surface area contributed by atoms with Crippen molar-refractivity contribution in [3.63, 3.8) is 0 Å². The Kier molecular flexibility index (Phi) is 6.76. The molecule has 2 aromatic carbocycles. The first-order valence-electron chi connectivity index (χ1n) is 9.58. The van der Waals surface area contributed by atoms with Gasteiger partial charge in [0, 0.05) is 13.1 Å². The van der Waals surface area contributed by atoms with Gasteiger partial charge in [0.1, 0.15) is 0 Å². The lowest BCUT2D eigenvalue weighted by Crippen LogP contribution is -2.38. The SMILES string of the molecule is Cc1ccccc1CC(=O)NC(=S)Nc1ccccc1C(=O)N1CCCCC1. The van der Waals surface area contributed by atoms with Crippen molar-refractivity contribution < 1.29 is 9.59 Å². The van der Waals surface area contributed by atoms with Gasteiger partial charge in [0.25, 0.3) is 5.91 Å². The highest BCUT2D eigenvalue weighted by molar-refractivity contribution is 7.80. The van der Waals surface area contributed by atoms with Gasteiger partial charge in [0.15, 0.2) is 5.11 Å². The number of nitrogens with one attached hydrogen (secondary N) is 2. The van der Waals surface area contributed by atoms with E-state index < -0.39 is 0 Å². The fourth-order valence-electron chi connectivity index (χ4n) is 3.35. The summed E-state index contributed by atoms with van der Waals surface area (Å²) in [6.07, 6.45) is 3.49. The second-order valence-corrected chi connectivity index (χ2v) is 7.41. The number of aryl methyl sites for hydroxylation is 1. The number of carbonyl (C=O) groups is 2. The van der Waals surface area contributed by atoms with Crippen LogP contribution in [-0.4, -0.2) is 34.9 Å². The van der Waals surface area contributed by atoms with E-state index in [-0.39, 0.29) is 23.3 Å².